The van der Waals surface area contributed by atoms with Crippen LogP contribution in [0.4, 0.5) is 4.79 Å². The van der Waals surface area contributed by atoms with E-state index in [9.17, 15) is 4.79 Å². The number of carbonyl (C=O) groups excluding carboxylic acids is 1. The second-order valence-corrected chi connectivity index (χ2v) is 5.64. The highest BCUT2D eigenvalue weighted by Crippen LogP contribution is 2.24. The molecule has 0 radical (unpaired) electrons. The number of carbonyl (C=O) groups is 1. The fourth-order valence-corrected chi connectivity index (χ4v) is 1.89. The van der Waals surface area contributed by atoms with Crippen molar-refractivity contribution in [2.75, 3.05) is 6.98 Å². The molecule has 1 aromatic rings. The summed E-state index contributed by atoms with van der Waals surface area (Å²) in [6, 6.07) is -0.824. The first-order valence-electron chi connectivity index (χ1n) is 6.92. The Bertz CT molecular complexity index is 525. The lowest BCUT2D eigenvalue weighted by molar-refractivity contribution is 0.0230. The Hall–Kier alpha value is -1.11. The molecule has 0 saturated heterocycles. The minimum atomic E-state index is -2.65. The highest BCUT2D eigenvalue weighted by molar-refractivity contribution is 9.10. The van der Waals surface area contributed by atoms with Crippen LogP contribution in [0.3, 0.4) is 0 Å². The minimum Gasteiger partial charge on any atom is -0.444 e. The van der Waals surface area contributed by atoms with Crippen LogP contribution in [0.5, 0.6) is 0 Å². The van der Waals surface area contributed by atoms with E-state index in [-0.39, 0.29) is 0 Å². The summed E-state index contributed by atoms with van der Waals surface area (Å²) >= 11 is 3.21. The van der Waals surface area contributed by atoms with Crippen molar-refractivity contribution in [2.24, 2.45) is 7.05 Å². The van der Waals surface area contributed by atoms with Gasteiger partial charge in [-0.2, -0.15) is 9.90 Å². The molecule has 6 nitrogen and oxygen atoms in total. The van der Waals surface area contributed by atoms with Crippen molar-refractivity contribution in [2.45, 2.75) is 39.3 Å². The number of aryl methyl sites for hydroxylation is 1. The molecule has 1 unspecified atom stereocenters. The van der Waals surface area contributed by atoms with Crippen molar-refractivity contribution in [1.29, 1.82) is 0 Å². The number of rotatable bonds is 2. The standard InChI is InChI=1S/C11H19BrN4O2/c1-7(8-9(12)14-16(6)13-8)15(5)10(17)18-11(2,3)4/h7H,1-6H3/i5D3. The van der Waals surface area contributed by atoms with Crippen LogP contribution < -0.4 is 0 Å². The first kappa shape index (κ1) is 10.8. The summed E-state index contributed by atoms with van der Waals surface area (Å²) < 4.78 is 28.3. The molecule has 0 bridgehead atoms. The Morgan fingerprint density at radius 3 is 2.56 bits per heavy atom. The first-order chi connectivity index (χ1) is 9.33. The van der Waals surface area contributed by atoms with E-state index in [0.29, 0.717) is 15.2 Å². The van der Waals surface area contributed by atoms with Crippen LogP contribution in [-0.4, -0.2) is 38.6 Å². The smallest absolute Gasteiger partial charge is 0.410 e. The fourth-order valence-electron chi connectivity index (χ4n) is 1.25. The second kappa shape index (κ2) is 5.26. The zero-order valence-electron chi connectivity index (χ0n) is 14.1. The average molecular weight is 322 g/mol. The van der Waals surface area contributed by atoms with Crippen LogP contribution in [0, 0.1) is 0 Å². The largest absolute Gasteiger partial charge is 0.444 e. The summed E-state index contributed by atoms with van der Waals surface area (Å²) in [4.78, 5) is 14.2. The molecule has 1 amide bonds. The van der Waals surface area contributed by atoms with E-state index in [0.717, 1.165) is 0 Å². The van der Waals surface area contributed by atoms with E-state index < -0.39 is 24.7 Å². The molecule has 0 aliphatic heterocycles. The van der Waals surface area contributed by atoms with E-state index >= 15 is 0 Å². The third kappa shape index (κ3) is 3.69. The molecule has 0 aromatic carbocycles. The predicted molar refractivity (Wildman–Crippen MR) is 71.1 cm³/mol. The highest BCUT2D eigenvalue weighted by atomic mass is 79.9. The van der Waals surface area contributed by atoms with Crippen molar-refractivity contribution in [1.82, 2.24) is 19.9 Å². The molecule has 102 valence electrons. The highest BCUT2D eigenvalue weighted by Gasteiger charge is 2.26. The zero-order chi connectivity index (χ0) is 16.6. The molecular weight excluding hydrogens is 300 g/mol. The third-order valence-electron chi connectivity index (χ3n) is 2.07. The summed E-state index contributed by atoms with van der Waals surface area (Å²) in [5.74, 6) is 0. The Kier molecular flexibility index (Phi) is 3.15. The van der Waals surface area contributed by atoms with Crippen LogP contribution in [0.25, 0.3) is 0 Å². The summed E-state index contributed by atoms with van der Waals surface area (Å²) in [7, 11) is 1.61. The fraction of sp³-hybridized carbons (Fsp3) is 0.727. The number of amides is 1. The molecule has 0 spiro atoms. The molecule has 0 saturated carbocycles. The van der Waals surface area contributed by atoms with Gasteiger partial charge in [0.1, 0.15) is 11.3 Å². The molecule has 0 aliphatic rings. The number of ether oxygens (including phenoxy) is 1. The molecule has 1 atom stereocenters. The van der Waals surface area contributed by atoms with Gasteiger partial charge in [0, 0.05) is 18.1 Å². The van der Waals surface area contributed by atoms with Crippen LogP contribution in [-0.2, 0) is 11.8 Å². The lowest BCUT2D eigenvalue weighted by Gasteiger charge is -2.27. The van der Waals surface area contributed by atoms with Crippen LogP contribution in [0.15, 0.2) is 4.60 Å². The van der Waals surface area contributed by atoms with Gasteiger partial charge in [-0.3, -0.25) is 0 Å². The number of aromatic nitrogens is 3. The first-order valence-corrected chi connectivity index (χ1v) is 6.21. The van der Waals surface area contributed by atoms with Gasteiger partial charge in [0.05, 0.1) is 6.04 Å². The Morgan fingerprint density at radius 1 is 1.56 bits per heavy atom. The van der Waals surface area contributed by atoms with Gasteiger partial charge in [0.15, 0.2) is 4.60 Å². The van der Waals surface area contributed by atoms with Crippen LogP contribution in [0.1, 0.15) is 43.5 Å². The van der Waals surface area contributed by atoms with Crippen LogP contribution in [0.2, 0.25) is 0 Å². The lowest BCUT2D eigenvalue weighted by Crippen LogP contribution is -2.36. The van der Waals surface area contributed by atoms with E-state index in [1.165, 1.54) is 4.80 Å². The summed E-state index contributed by atoms with van der Waals surface area (Å²) in [5, 5.41) is 8.07. The monoisotopic (exact) mass is 321 g/mol. The van der Waals surface area contributed by atoms with Gasteiger partial charge < -0.3 is 9.64 Å². The molecular formula is C11H19BrN4O2. The summed E-state index contributed by atoms with van der Waals surface area (Å²) in [6.45, 7) is 3.92. The molecule has 0 aliphatic carbocycles. The average Bonchev–Trinajstić information content (AvgIpc) is 2.52. The van der Waals surface area contributed by atoms with E-state index in [4.69, 9.17) is 8.85 Å². The van der Waals surface area contributed by atoms with E-state index in [2.05, 4.69) is 26.1 Å². The number of halogens is 1. The van der Waals surface area contributed by atoms with Crippen molar-refractivity contribution in [3.05, 3.63) is 10.3 Å². The molecule has 1 heterocycles. The molecule has 7 heteroatoms. The molecule has 18 heavy (non-hydrogen) atoms. The van der Waals surface area contributed by atoms with Gasteiger partial charge in [0.2, 0.25) is 0 Å². The Labute approximate surface area is 120 Å². The maximum atomic E-state index is 12.2. The summed E-state index contributed by atoms with van der Waals surface area (Å²) in [6.07, 6.45) is -0.924. The predicted octanol–water partition coefficient (Wildman–Crippen LogP) is 2.51. The molecule has 1 rings (SSSR count). The number of hydrogen-bond donors (Lipinski definition) is 0. The SMILES string of the molecule is [2H]C([2H])([2H])N(C(=O)OC(C)(C)C)C(C)c1nn(C)nc1Br. The molecule has 1 aromatic heterocycles. The topological polar surface area (TPSA) is 60.3 Å². The van der Waals surface area contributed by atoms with Gasteiger partial charge in [-0.25, -0.2) is 4.79 Å². The van der Waals surface area contributed by atoms with Crippen molar-refractivity contribution in [3.8, 4) is 0 Å². The van der Waals surface area contributed by atoms with Crippen molar-refractivity contribution < 1.29 is 13.6 Å². The Morgan fingerprint density at radius 2 is 2.17 bits per heavy atom. The second-order valence-electron chi connectivity index (χ2n) is 4.89. The van der Waals surface area contributed by atoms with Crippen molar-refractivity contribution in [3.63, 3.8) is 0 Å². The summed E-state index contributed by atoms with van der Waals surface area (Å²) in [5.41, 5.74) is -0.445. The van der Waals surface area contributed by atoms with Gasteiger partial charge >= 0.3 is 6.09 Å². The number of hydrogen-bond acceptors (Lipinski definition) is 4. The maximum Gasteiger partial charge on any atom is 0.410 e. The maximum absolute atomic E-state index is 12.2. The Balaban J connectivity index is 3.15. The quantitative estimate of drug-likeness (QED) is 0.839. The van der Waals surface area contributed by atoms with Gasteiger partial charge in [-0.05, 0) is 43.6 Å². The zero-order valence-corrected chi connectivity index (χ0v) is 12.6. The number of nitrogens with zero attached hydrogens (tertiary/aromatic N) is 4. The van der Waals surface area contributed by atoms with Gasteiger partial charge in [-0.15, -0.1) is 5.10 Å². The van der Waals surface area contributed by atoms with Gasteiger partial charge in [-0.1, -0.05) is 0 Å². The molecule has 0 N–H and O–H groups in total. The minimum absolute atomic E-state index is 0.347. The third-order valence-corrected chi connectivity index (χ3v) is 2.63. The normalized spacial score (nSPS) is 16.4. The van der Waals surface area contributed by atoms with Gasteiger partial charge in [0.25, 0.3) is 0 Å². The molecule has 0 fully saturated rings. The van der Waals surface area contributed by atoms with E-state index in [1.807, 2.05) is 0 Å². The lowest BCUT2D eigenvalue weighted by atomic mass is 10.2. The van der Waals surface area contributed by atoms with Crippen molar-refractivity contribution >= 4 is 22.0 Å². The van der Waals surface area contributed by atoms with E-state index in [1.54, 1.807) is 34.7 Å². The van der Waals surface area contributed by atoms with Crippen LogP contribution >= 0.6 is 15.9 Å².